The Labute approximate surface area is 132 Å². The molecule has 1 heterocycles. The summed E-state index contributed by atoms with van der Waals surface area (Å²) in [5, 5.41) is 4.98. The van der Waals surface area contributed by atoms with Crippen LogP contribution in [-0.4, -0.2) is 23.0 Å². The maximum atomic E-state index is 4.48. The first kappa shape index (κ1) is 16.3. The second-order valence-electron chi connectivity index (χ2n) is 5.86. The lowest BCUT2D eigenvalue weighted by molar-refractivity contribution is 0.580. The van der Waals surface area contributed by atoms with E-state index in [4.69, 9.17) is 0 Å². The average Bonchev–Trinajstić information content (AvgIpc) is 2.50. The standard InChI is InChI=1S/C18H26N2S/c1-4-10-19-18(13-21-12-14(2)3)16-7-5-9-17-15(16)8-6-11-20-17/h5-9,11,14,18-19H,4,10,12-13H2,1-3H3. The Morgan fingerprint density at radius 3 is 2.76 bits per heavy atom. The number of pyridine rings is 1. The first-order valence-electron chi connectivity index (χ1n) is 7.87. The number of thioether (sulfide) groups is 1. The molecule has 0 radical (unpaired) electrons. The van der Waals surface area contributed by atoms with E-state index in [1.807, 2.05) is 24.0 Å². The Hall–Kier alpha value is -1.06. The van der Waals surface area contributed by atoms with Gasteiger partial charge in [-0.3, -0.25) is 4.98 Å². The van der Waals surface area contributed by atoms with Crippen LogP contribution >= 0.6 is 11.8 Å². The van der Waals surface area contributed by atoms with Crippen molar-refractivity contribution in [2.75, 3.05) is 18.1 Å². The van der Waals surface area contributed by atoms with Crippen LogP contribution in [0.4, 0.5) is 0 Å². The monoisotopic (exact) mass is 302 g/mol. The molecular formula is C18H26N2S. The molecule has 0 amide bonds. The van der Waals surface area contributed by atoms with Crippen LogP contribution < -0.4 is 5.32 Å². The normalized spacial score (nSPS) is 13.0. The third kappa shape index (κ3) is 4.72. The molecular weight excluding hydrogens is 276 g/mol. The van der Waals surface area contributed by atoms with Gasteiger partial charge in [0.15, 0.2) is 0 Å². The summed E-state index contributed by atoms with van der Waals surface area (Å²) in [6, 6.07) is 11.1. The van der Waals surface area contributed by atoms with Crippen molar-refractivity contribution >= 4 is 22.7 Å². The van der Waals surface area contributed by atoms with E-state index in [0.717, 1.165) is 30.2 Å². The third-order valence-electron chi connectivity index (χ3n) is 3.43. The zero-order chi connectivity index (χ0) is 15.1. The Bertz CT molecular complexity index is 548. The van der Waals surface area contributed by atoms with E-state index >= 15 is 0 Å². The average molecular weight is 302 g/mol. The lowest BCUT2D eigenvalue weighted by Crippen LogP contribution is -2.24. The van der Waals surface area contributed by atoms with Crippen molar-refractivity contribution in [1.82, 2.24) is 10.3 Å². The fourth-order valence-electron chi connectivity index (χ4n) is 2.43. The highest BCUT2D eigenvalue weighted by atomic mass is 32.2. The van der Waals surface area contributed by atoms with Gasteiger partial charge in [0, 0.05) is 23.4 Å². The van der Waals surface area contributed by atoms with Crippen molar-refractivity contribution in [2.24, 2.45) is 5.92 Å². The van der Waals surface area contributed by atoms with E-state index < -0.39 is 0 Å². The number of benzene rings is 1. The summed E-state index contributed by atoms with van der Waals surface area (Å²) >= 11 is 2.04. The molecule has 2 rings (SSSR count). The molecule has 1 aromatic carbocycles. The maximum Gasteiger partial charge on any atom is 0.0705 e. The van der Waals surface area contributed by atoms with Gasteiger partial charge in [-0.15, -0.1) is 0 Å². The maximum absolute atomic E-state index is 4.48. The predicted octanol–water partition coefficient (Wildman–Crippen LogP) is 4.66. The van der Waals surface area contributed by atoms with Gasteiger partial charge in [-0.2, -0.15) is 11.8 Å². The number of fused-ring (bicyclic) bond motifs is 1. The van der Waals surface area contributed by atoms with Crippen LogP contribution in [0.5, 0.6) is 0 Å². The van der Waals surface area contributed by atoms with Crippen LogP contribution in [0.15, 0.2) is 36.5 Å². The van der Waals surface area contributed by atoms with Gasteiger partial charge in [0.1, 0.15) is 0 Å². The van der Waals surface area contributed by atoms with Crippen LogP contribution in [0.25, 0.3) is 10.9 Å². The van der Waals surface area contributed by atoms with Crippen molar-refractivity contribution < 1.29 is 0 Å². The predicted molar refractivity (Wildman–Crippen MR) is 94.9 cm³/mol. The molecule has 1 atom stereocenters. The molecule has 0 aliphatic rings. The number of hydrogen-bond donors (Lipinski definition) is 1. The summed E-state index contributed by atoms with van der Waals surface area (Å²) in [4.78, 5) is 4.48. The Morgan fingerprint density at radius 2 is 2.00 bits per heavy atom. The highest BCUT2D eigenvalue weighted by molar-refractivity contribution is 7.99. The molecule has 0 aliphatic carbocycles. The van der Waals surface area contributed by atoms with Crippen LogP contribution in [0, 0.1) is 5.92 Å². The van der Waals surface area contributed by atoms with E-state index in [1.54, 1.807) is 0 Å². The van der Waals surface area contributed by atoms with Crippen LogP contribution in [0.3, 0.4) is 0 Å². The Morgan fingerprint density at radius 1 is 1.14 bits per heavy atom. The molecule has 1 aromatic heterocycles. The Balaban J connectivity index is 2.20. The quantitative estimate of drug-likeness (QED) is 0.767. The van der Waals surface area contributed by atoms with Crippen molar-refractivity contribution in [2.45, 2.75) is 33.2 Å². The third-order valence-corrected chi connectivity index (χ3v) is 4.90. The second-order valence-corrected chi connectivity index (χ2v) is 6.93. The number of nitrogens with zero attached hydrogens (tertiary/aromatic N) is 1. The molecule has 2 aromatic rings. The first-order chi connectivity index (χ1) is 10.2. The second kappa shape index (κ2) is 8.40. The van der Waals surface area contributed by atoms with Crippen LogP contribution in [0.1, 0.15) is 38.8 Å². The summed E-state index contributed by atoms with van der Waals surface area (Å²) in [7, 11) is 0. The summed E-state index contributed by atoms with van der Waals surface area (Å²) in [6.45, 7) is 7.84. The van der Waals surface area contributed by atoms with Gasteiger partial charge in [0.05, 0.1) is 5.52 Å². The van der Waals surface area contributed by atoms with Gasteiger partial charge >= 0.3 is 0 Å². The van der Waals surface area contributed by atoms with Crippen molar-refractivity contribution in [3.8, 4) is 0 Å². The van der Waals surface area contributed by atoms with Crippen LogP contribution in [0.2, 0.25) is 0 Å². The van der Waals surface area contributed by atoms with Gasteiger partial charge in [-0.25, -0.2) is 0 Å². The van der Waals surface area contributed by atoms with Gasteiger partial charge in [0.2, 0.25) is 0 Å². The summed E-state index contributed by atoms with van der Waals surface area (Å²) in [5.74, 6) is 3.08. The Kier molecular flexibility index (Phi) is 6.52. The smallest absolute Gasteiger partial charge is 0.0705 e. The lowest BCUT2D eigenvalue weighted by Gasteiger charge is -2.21. The largest absolute Gasteiger partial charge is 0.309 e. The van der Waals surface area contributed by atoms with Crippen molar-refractivity contribution in [3.05, 3.63) is 42.1 Å². The molecule has 3 heteroatoms. The SMILES string of the molecule is CCCNC(CSCC(C)C)c1cccc2ncccc12. The topological polar surface area (TPSA) is 24.9 Å². The van der Waals surface area contributed by atoms with Gasteiger partial charge in [-0.1, -0.05) is 39.0 Å². The van der Waals surface area contributed by atoms with Crippen molar-refractivity contribution in [3.63, 3.8) is 0 Å². The molecule has 114 valence electrons. The summed E-state index contributed by atoms with van der Waals surface area (Å²) in [5.41, 5.74) is 2.47. The minimum absolute atomic E-state index is 0.404. The fraction of sp³-hybridized carbons (Fsp3) is 0.500. The molecule has 0 bridgehead atoms. The van der Waals surface area contributed by atoms with E-state index in [2.05, 4.69) is 55.3 Å². The molecule has 21 heavy (non-hydrogen) atoms. The molecule has 2 nitrogen and oxygen atoms in total. The van der Waals surface area contributed by atoms with Crippen LogP contribution in [-0.2, 0) is 0 Å². The van der Waals surface area contributed by atoms with Gasteiger partial charge < -0.3 is 5.32 Å². The minimum Gasteiger partial charge on any atom is -0.309 e. The zero-order valence-electron chi connectivity index (χ0n) is 13.3. The molecule has 0 aliphatic heterocycles. The van der Waals surface area contributed by atoms with Crippen molar-refractivity contribution in [1.29, 1.82) is 0 Å². The summed E-state index contributed by atoms with van der Waals surface area (Å²) in [6.07, 6.45) is 3.03. The minimum atomic E-state index is 0.404. The lowest BCUT2D eigenvalue weighted by atomic mass is 10.0. The highest BCUT2D eigenvalue weighted by Gasteiger charge is 2.14. The molecule has 0 spiro atoms. The molecule has 1 unspecified atom stereocenters. The number of hydrogen-bond acceptors (Lipinski definition) is 3. The van der Waals surface area contributed by atoms with Gasteiger partial charge in [-0.05, 0) is 42.3 Å². The molecule has 0 saturated carbocycles. The number of nitrogens with one attached hydrogen (secondary N) is 1. The molecule has 0 saturated heterocycles. The number of rotatable bonds is 8. The first-order valence-corrected chi connectivity index (χ1v) is 9.02. The van der Waals surface area contributed by atoms with E-state index in [9.17, 15) is 0 Å². The van der Waals surface area contributed by atoms with Gasteiger partial charge in [0.25, 0.3) is 0 Å². The van der Waals surface area contributed by atoms with E-state index in [-0.39, 0.29) is 0 Å². The highest BCUT2D eigenvalue weighted by Crippen LogP contribution is 2.26. The molecule has 1 N–H and O–H groups in total. The summed E-state index contributed by atoms with van der Waals surface area (Å²) < 4.78 is 0. The van der Waals surface area contributed by atoms with E-state index in [0.29, 0.717) is 6.04 Å². The fourth-order valence-corrected chi connectivity index (χ4v) is 3.57. The molecule has 0 fully saturated rings. The number of aromatic nitrogens is 1. The van der Waals surface area contributed by atoms with E-state index in [1.165, 1.54) is 16.7 Å². The zero-order valence-corrected chi connectivity index (χ0v) is 14.1.